The Morgan fingerprint density at radius 2 is 2.21 bits per heavy atom. The van der Waals surface area contributed by atoms with Crippen molar-refractivity contribution >= 4 is 17.4 Å². The fourth-order valence-corrected chi connectivity index (χ4v) is 2.08. The van der Waals surface area contributed by atoms with E-state index >= 15 is 0 Å². The van der Waals surface area contributed by atoms with Gasteiger partial charge in [-0.05, 0) is 18.2 Å². The summed E-state index contributed by atoms with van der Waals surface area (Å²) in [5, 5.41) is 4.10. The number of hydrogen-bond acceptors (Lipinski definition) is 3. The zero-order valence-corrected chi connectivity index (χ0v) is 8.66. The largest absolute Gasteiger partial charge is 0.399 e. The summed E-state index contributed by atoms with van der Waals surface area (Å²) in [6, 6.07) is 7.83. The van der Waals surface area contributed by atoms with E-state index in [9.17, 15) is 0 Å². The van der Waals surface area contributed by atoms with Crippen LogP contribution in [0, 0.1) is 0 Å². The molecule has 3 nitrogen and oxygen atoms in total. The fourth-order valence-electron chi connectivity index (χ4n) is 1.17. The fraction of sp³-hybridized carbons (Fsp3) is 0.100. The molecular weight excluding hydrogens is 194 g/mol. The standard InChI is InChI=1S/C10H11N3S/c1-13-7-10(6-12-13)14-9-4-2-3-8(11)5-9/h2-7H,11H2,1H3. The number of aryl methyl sites for hydroxylation is 1. The number of benzene rings is 1. The molecule has 1 aromatic carbocycles. The van der Waals surface area contributed by atoms with Crippen LogP contribution in [-0.2, 0) is 7.05 Å². The third-order valence-electron chi connectivity index (χ3n) is 1.77. The molecule has 0 atom stereocenters. The van der Waals surface area contributed by atoms with Gasteiger partial charge in [-0.25, -0.2) is 0 Å². The number of anilines is 1. The molecule has 0 saturated heterocycles. The molecule has 0 radical (unpaired) electrons. The molecule has 0 aliphatic carbocycles. The molecule has 14 heavy (non-hydrogen) atoms. The molecule has 2 rings (SSSR count). The van der Waals surface area contributed by atoms with Gasteiger partial charge >= 0.3 is 0 Å². The molecular formula is C10H11N3S. The minimum absolute atomic E-state index is 0.791. The van der Waals surface area contributed by atoms with Crippen molar-refractivity contribution in [2.75, 3.05) is 5.73 Å². The van der Waals surface area contributed by atoms with Crippen molar-refractivity contribution in [2.24, 2.45) is 7.05 Å². The lowest BCUT2D eigenvalue weighted by Crippen LogP contribution is -1.84. The zero-order valence-electron chi connectivity index (χ0n) is 7.84. The lowest BCUT2D eigenvalue weighted by Gasteiger charge is -1.98. The Kier molecular flexibility index (Phi) is 2.45. The normalized spacial score (nSPS) is 10.4. The third kappa shape index (κ3) is 2.09. The van der Waals surface area contributed by atoms with Gasteiger partial charge in [-0.15, -0.1) is 0 Å². The summed E-state index contributed by atoms with van der Waals surface area (Å²) in [4.78, 5) is 2.26. The van der Waals surface area contributed by atoms with Gasteiger partial charge in [-0.1, -0.05) is 17.8 Å². The second kappa shape index (κ2) is 3.75. The molecule has 2 aromatic rings. The number of nitrogen functional groups attached to an aromatic ring is 1. The van der Waals surface area contributed by atoms with E-state index in [1.807, 2.05) is 43.7 Å². The van der Waals surface area contributed by atoms with E-state index in [0.29, 0.717) is 0 Å². The van der Waals surface area contributed by atoms with Gasteiger partial charge in [0.15, 0.2) is 0 Å². The van der Waals surface area contributed by atoms with Crippen molar-refractivity contribution in [3.05, 3.63) is 36.7 Å². The highest BCUT2D eigenvalue weighted by molar-refractivity contribution is 7.99. The van der Waals surface area contributed by atoms with Crippen LogP contribution in [0.1, 0.15) is 0 Å². The van der Waals surface area contributed by atoms with Gasteiger partial charge in [-0.3, -0.25) is 4.68 Å². The number of rotatable bonds is 2. The summed E-state index contributed by atoms with van der Waals surface area (Å²) in [5.74, 6) is 0. The highest BCUT2D eigenvalue weighted by Gasteiger charge is 1.99. The Labute approximate surface area is 86.9 Å². The molecule has 0 spiro atoms. The van der Waals surface area contributed by atoms with Gasteiger partial charge in [0.25, 0.3) is 0 Å². The zero-order chi connectivity index (χ0) is 9.97. The average Bonchev–Trinajstić information content (AvgIpc) is 2.51. The smallest absolute Gasteiger partial charge is 0.0629 e. The van der Waals surface area contributed by atoms with E-state index in [2.05, 4.69) is 5.10 Å². The number of hydrogen-bond donors (Lipinski definition) is 1. The minimum atomic E-state index is 0.791. The maximum absolute atomic E-state index is 5.68. The molecule has 0 bridgehead atoms. The van der Waals surface area contributed by atoms with Crippen molar-refractivity contribution in [3.63, 3.8) is 0 Å². The van der Waals surface area contributed by atoms with Gasteiger partial charge in [0.1, 0.15) is 0 Å². The predicted molar refractivity (Wildman–Crippen MR) is 58.2 cm³/mol. The van der Waals surface area contributed by atoms with E-state index in [1.54, 1.807) is 16.4 Å². The third-order valence-corrected chi connectivity index (χ3v) is 2.71. The van der Waals surface area contributed by atoms with Gasteiger partial charge < -0.3 is 5.73 Å². The van der Waals surface area contributed by atoms with E-state index in [0.717, 1.165) is 15.5 Å². The van der Waals surface area contributed by atoms with Gasteiger partial charge in [0, 0.05) is 23.8 Å². The molecule has 1 aromatic heterocycles. The summed E-state index contributed by atoms with van der Waals surface area (Å²) >= 11 is 1.66. The number of nitrogens with zero attached hydrogens (tertiary/aromatic N) is 2. The lowest BCUT2D eigenvalue weighted by molar-refractivity contribution is 0.766. The number of aromatic nitrogens is 2. The Balaban J connectivity index is 2.18. The predicted octanol–water partition coefficient (Wildman–Crippen LogP) is 2.15. The summed E-state index contributed by atoms with van der Waals surface area (Å²) in [5.41, 5.74) is 6.47. The maximum atomic E-state index is 5.68. The Morgan fingerprint density at radius 1 is 1.36 bits per heavy atom. The van der Waals surface area contributed by atoms with E-state index in [4.69, 9.17) is 5.73 Å². The Bertz CT molecular complexity index is 436. The first kappa shape index (κ1) is 9.15. The molecule has 0 saturated carbocycles. The summed E-state index contributed by atoms with van der Waals surface area (Å²) in [7, 11) is 1.91. The van der Waals surface area contributed by atoms with Crippen molar-refractivity contribution in [1.29, 1.82) is 0 Å². The summed E-state index contributed by atoms with van der Waals surface area (Å²) in [6.07, 6.45) is 3.82. The first-order valence-corrected chi connectivity index (χ1v) is 5.08. The number of nitrogens with two attached hydrogens (primary N) is 1. The molecule has 0 unspecified atom stereocenters. The van der Waals surface area contributed by atoms with Crippen molar-refractivity contribution in [3.8, 4) is 0 Å². The molecule has 0 aliphatic rings. The van der Waals surface area contributed by atoms with Crippen molar-refractivity contribution < 1.29 is 0 Å². The molecule has 0 amide bonds. The van der Waals surface area contributed by atoms with Crippen LogP contribution in [0.3, 0.4) is 0 Å². The average molecular weight is 205 g/mol. The quantitative estimate of drug-likeness (QED) is 0.764. The van der Waals surface area contributed by atoms with Gasteiger partial charge in [0.2, 0.25) is 0 Å². The van der Waals surface area contributed by atoms with Crippen LogP contribution in [0.5, 0.6) is 0 Å². The molecule has 4 heteroatoms. The van der Waals surface area contributed by atoms with E-state index in [-0.39, 0.29) is 0 Å². The van der Waals surface area contributed by atoms with Crippen LogP contribution in [0.4, 0.5) is 5.69 Å². The van der Waals surface area contributed by atoms with Crippen molar-refractivity contribution in [1.82, 2.24) is 9.78 Å². The summed E-state index contributed by atoms with van der Waals surface area (Å²) in [6.45, 7) is 0. The SMILES string of the molecule is Cn1cc(Sc2cccc(N)c2)cn1. The van der Waals surface area contributed by atoms with Crippen LogP contribution in [0.2, 0.25) is 0 Å². The summed E-state index contributed by atoms with van der Waals surface area (Å²) < 4.78 is 1.79. The molecule has 72 valence electrons. The first-order chi connectivity index (χ1) is 6.74. The van der Waals surface area contributed by atoms with Crippen LogP contribution in [0.15, 0.2) is 46.5 Å². The second-order valence-electron chi connectivity index (χ2n) is 3.02. The first-order valence-electron chi connectivity index (χ1n) is 4.26. The molecule has 2 N–H and O–H groups in total. The van der Waals surface area contributed by atoms with Gasteiger partial charge in [-0.2, -0.15) is 5.10 Å². The van der Waals surface area contributed by atoms with Gasteiger partial charge in [0.05, 0.1) is 11.1 Å². The van der Waals surface area contributed by atoms with E-state index in [1.165, 1.54) is 0 Å². The van der Waals surface area contributed by atoms with E-state index < -0.39 is 0 Å². The topological polar surface area (TPSA) is 43.8 Å². The lowest BCUT2D eigenvalue weighted by atomic mass is 10.3. The highest BCUT2D eigenvalue weighted by atomic mass is 32.2. The minimum Gasteiger partial charge on any atom is -0.399 e. The Hall–Kier alpha value is -1.42. The van der Waals surface area contributed by atoms with Crippen LogP contribution >= 0.6 is 11.8 Å². The Morgan fingerprint density at radius 3 is 2.86 bits per heavy atom. The van der Waals surface area contributed by atoms with Crippen molar-refractivity contribution in [2.45, 2.75) is 9.79 Å². The monoisotopic (exact) mass is 205 g/mol. The second-order valence-corrected chi connectivity index (χ2v) is 4.17. The molecule has 0 fully saturated rings. The van der Waals surface area contributed by atoms with Crippen LogP contribution in [0.25, 0.3) is 0 Å². The molecule has 0 aliphatic heterocycles. The maximum Gasteiger partial charge on any atom is 0.0629 e. The van der Waals surface area contributed by atoms with Crippen LogP contribution in [-0.4, -0.2) is 9.78 Å². The highest BCUT2D eigenvalue weighted by Crippen LogP contribution is 2.27. The molecule has 1 heterocycles. The van der Waals surface area contributed by atoms with Crippen LogP contribution < -0.4 is 5.73 Å².